The third-order valence-corrected chi connectivity index (χ3v) is 4.40. The lowest BCUT2D eigenvalue weighted by Gasteiger charge is -2.24. The quantitative estimate of drug-likeness (QED) is 0.542. The molecule has 0 spiro atoms. The normalized spacial score (nSPS) is 10.7. The first-order chi connectivity index (χ1) is 12.8. The van der Waals surface area contributed by atoms with E-state index in [1.54, 1.807) is 7.11 Å². The van der Waals surface area contributed by atoms with Gasteiger partial charge in [-0.3, -0.25) is 4.90 Å². The Morgan fingerprint density at radius 1 is 0.769 bits per heavy atom. The van der Waals surface area contributed by atoms with Crippen LogP contribution in [0.1, 0.15) is 16.7 Å². The average molecular weight is 343 g/mol. The van der Waals surface area contributed by atoms with Gasteiger partial charge < -0.3 is 4.74 Å². The van der Waals surface area contributed by atoms with Crippen molar-refractivity contribution >= 4 is 5.57 Å². The van der Waals surface area contributed by atoms with E-state index >= 15 is 0 Å². The summed E-state index contributed by atoms with van der Waals surface area (Å²) in [6.45, 7) is 6.87. The van der Waals surface area contributed by atoms with Crippen molar-refractivity contribution in [1.82, 2.24) is 4.90 Å². The largest absolute Gasteiger partial charge is 0.496 e. The van der Waals surface area contributed by atoms with Crippen molar-refractivity contribution in [3.05, 3.63) is 108 Å². The molecule has 0 aliphatic rings. The van der Waals surface area contributed by atoms with Crippen LogP contribution in [0.25, 0.3) is 5.57 Å². The third-order valence-electron chi connectivity index (χ3n) is 4.40. The number of methoxy groups -OCH3 is 1. The molecule has 0 bridgehead atoms. The molecule has 0 saturated carbocycles. The van der Waals surface area contributed by atoms with Crippen molar-refractivity contribution in [3.63, 3.8) is 0 Å². The summed E-state index contributed by atoms with van der Waals surface area (Å²) < 4.78 is 5.51. The van der Waals surface area contributed by atoms with Crippen molar-refractivity contribution in [2.75, 3.05) is 13.7 Å². The minimum absolute atomic E-state index is 0.782. The molecule has 3 aromatic rings. The van der Waals surface area contributed by atoms with Gasteiger partial charge in [0.05, 0.1) is 7.11 Å². The number of nitrogens with zero attached hydrogens (tertiary/aromatic N) is 1. The summed E-state index contributed by atoms with van der Waals surface area (Å²) in [5.41, 5.74) is 4.74. The van der Waals surface area contributed by atoms with Crippen molar-refractivity contribution in [2.45, 2.75) is 13.1 Å². The van der Waals surface area contributed by atoms with E-state index in [9.17, 15) is 0 Å². The molecule has 0 heterocycles. The zero-order chi connectivity index (χ0) is 18.2. The second kappa shape index (κ2) is 9.02. The number of ether oxygens (including phenoxy) is 1. The van der Waals surface area contributed by atoms with Crippen LogP contribution >= 0.6 is 0 Å². The van der Waals surface area contributed by atoms with Crippen molar-refractivity contribution in [2.24, 2.45) is 0 Å². The number of para-hydroxylation sites is 1. The first kappa shape index (κ1) is 18.0. The monoisotopic (exact) mass is 343 g/mol. The van der Waals surface area contributed by atoms with Gasteiger partial charge >= 0.3 is 0 Å². The highest BCUT2D eigenvalue weighted by Crippen LogP contribution is 2.26. The van der Waals surface area contributed by atoms with E-state index < -0.39 is 0 Å². The maximum Gasteiger partial charge on any atom is 0.126 e. The molecule has 2 nitrogen and oxygen atoms in total. The van der Waals surface area contributed by atoms with Crippen LogP contribution in [-0.4, -0.2) is 18.6 Å². The van der Waals surface area contributed by atoms with Crippen LogP contribution in [-0.2, 0) is 13.1 Å². The molecular weight excluding hydrogens is 318 g/mol. The standard InChI is InChI=1S/C24H25NO/c1-20(23-15-9-10-16-24(23)26-2)17-25(18-21-11-5-3-6-12-21)19-22-13-7-4-8-14-22/h3-16H,1,17-19H2,2H3. The van der Waals surface area contributed by atoms with Gasteiger partial charge in [0.15, 0.2) is 0 Å². The molecule has 0 saturated heterocycles. The third kappa shape index (κ3) is 4.84. The van der Waals surface area contributed by atoms with E-state index in [4.69, 9.17) is 4.74 Å². The van der Waals surface area contributed by atoms with Crippen molar-refractivity contribution < 1.29 is 4.74 Å². The fourth-order valence-electron chi connectivity index (χ4n) is 3.14. The summed E-state index contributed by atoms with van der Waals surface area (Å²) in [5, 5.41) is 0. The summed E-state index contributed by atoms with van der Waals surface area (Å²) in [4.78, 5) is 2.42. The predicted molar refractivity (Wildman–Crippen MR) is 109 cm³/mol. The molecule has 0 aliphatic heterocycles. The lowest BCUT2D eigenvalue weighted by Crippen LogP contribution is -2.24. The summed E-state index contributed by atoms with van der Waals surface area (Å²) in [7, 11) is 1.71. The van der Waals surface area contributed by atoms with Gasteiger partial charge in [-0.25, -0.2) is 0 Å². The van der Waals surface area contributed by atoms with Crippen LogP contribution in [0.2, 0.25) is 0 Å². The highest BCUT2D eigenvalue weighted by atomic mass is 16.5. The first-order valence-corrected chi connectivity index (χ1v) is 8.87. The topological polar surface area (TPSA) is 12.5 Å². The Hall–Kier alpha value is -2.84. The van der Waals surface area contributed by atoms with Gasteiger partial charge in [0.1, 0.15) is 5.75 Å². The second-order valence-electron chi connectivity index (χ2n) is 6.42. The number of hydrogen-bond donors (Lipinski definition) is 0. The van der Waals surface area contributed by atoms with Crippen LogP contribution in [0.3, 0.4) is 0 Å². The molecule has 0 radical (unpaired) electrons. The van der Waals surface area contributed by atoms with E-state index in [1.165, 1.54) is 11.1 Å². The highest BCUT2D eigenvalue weighted by Gasteiger charge is 2.12. The Labute approximate surface area is 156 Å². The number of rotatable bonds is 8. The maximum atomic E-state index is 5.51. The summed E-state index contributed by atoms with van der Waals surface area (Å²) in [6.07, 6.45) is 0. The van der Waals surface area contributed by atoms with Crippen LogP contribution in [0.15, 0.2) is 91.5 Å². The minimum atomic E-state index is 0.782. The molecule has 0 aliphatic carbocycles. The van der Waals surface area contributed by atoms with Crippen LogP contribution in [0, 0.1) is 0 Å². The fraction of sp³-hybridized carbons (Fsp3) is 0.167. The van der Waals surface area contributed by atoms with Gasteiger partial charge in [0.2, 0.25) is 0 Å². The average Bonchev–Trinajstić information content (AvgIpc) is 2.69. The van der Waals surface area contributed by atoms with E-state index in [2.05, 4.69) is 78.2 Å². The van der Waals surface area contributed by atoms with E-state index in [0.717, 1.165) is 36.5 Å². The van der Waals surface area contributed by atoms with Crippen LogP contribution in [0.5, 0.6) is 5.75 Å². The van der Waals surface area contributed by atoms with Crippen molar-refractivity contribution in [1.29, 1.82) is 0 Å². The molecule has 2 heteroatoms. The fourth-order valence-corrected chi connectivity index (χ4v) is 3.14. The van der Waals surface area contributed by atoms with Crippen LogP contribution < -0.4 is 4.74 Å². The Morgan fingerprint density at radius 3 is 1.81 bits per heavy atom. The molecule has 26 heavy (non-hydrogen) atoms. The zero-order valence-corrected chi connectivity index (χ0v) is 15.3. The molecule has 0 fully saturated rings. The molecule has 0 atom stereocenters. The molecule has 0 amide bonds. The number of benzene rings is 3. The second-order valence-corrected chi connectivity index (χ2v) is 6.42. The Bertz CT molecular complexity index is 786. The van der Waals surface area contributed by atoms with E-state index in [-0.39, 0.29) is 0 Å². The molecule has 0 N–H and O–H groups in total. The predicted octanol–water partition coefficient (Wildman–Crippen LogP) is 5.41. The van der Waals surface area contributed by atoms with Gasteiger partial charge in [-0.05, 0) is 22.8 Å². The molecule has 132 valence electrons. The molecule has 0 unspecified atom stereocenters. The smallest absolute Gasteiger partial charge is 0.126 e. The van der Waals surface area contributed by atoms with Crippen molar-refractivity contribution in [3.8, 4) is 5.75 Å². The number of hydrogen-bond acceptors (Lipinski definition) is 2. The zero-order valence-electron chi connectivity index (χ0n) is 15.3. The molecule has 0 aromatic heterocycles. The maximum absolute atomic E-state index is 5.51. The van der Waals surface area contributed by atoms with Crippen LogP contribution in [0.4, 0.5) is 0 Å². The lowest BCUT2D eigenvalue weighted by molar-refractivity contribution is 0.290. The molecule has 3 aromatic carbocycles. The molecular formula is C24H25NO. The van der Waals surface area contributed by atoms with Gasteiger partial charge in [-0.1, -0.05) is 85.4 Å². The Balaban J connectivity index is 1.79. The highest BCUT2D eigenvalue weighted by molar-refractivity contribution is 5.69. The minimum Gasteiger partial charge on any atom is -0.496 e. The summed E-state index contributed by atoms with van der Waals surface area (Å²) in [6, 6.07) is 29.2. The van der Waals surface area contributed by atoms with E-state index in [1.807, 2.05) is 18.2 Å². The molecule has 3 rings (SSSR count). The lowest BCUT2D eigenvalue weighted by atomic mass is 10.0. The van der Waals surface area contributed by atoms with Gasteiger partial charge in [-0.15, -0.1) is 0 Å². The van der Waals surface area contributed by atoms with E-state index in [0.29, 0.717) is 0 Å². The summed E-state index contributed by atoms with van der Waals surface area (Å²) in [5.74, 6) is 0.872. The first-order valence-electron chi connectivity index (χ1n) is 8.87. The van der Waals surface area contributed by atoms with Gasteiger partial charge in [0.25, 0.3) is 0 Å². The SMILES string of the molecule is C=C(CN(Cc1ccccc1)Cc1ccccc1)c1ccccc1OC. The Morgan fingerprint density at radius 2 is 1.27 bits per heavy atom. The van der Waals surface area contributed by atoms with Gasteiger partial charge in [0, 0.05) is 25.2 Å². The Kier molecular flexibility index (Phi) is 6.24. The van der Waals surface area contributed by atoms with Gasteiger partial charge in [-0.2, -0.15) is 0 Å². The summed E-state index contributed by atoms with van der Waals surface area (Å²) >= 11 is 0.